The Hall–Kier alpha value is -2.94. The van der Waals surface area contributed by atoms with E-state index in [1.807, 2.05) is 6.92 Å². The third-order valence-electron chi connectivity index (χ3n) is 5.63. The molecular formula is C23H30O9. The Labute approximate surface area is 187 Å². The summed E-state index contributed by atoms with van der Waals surface area (Å²) < 4.78 is 21.5. The maximum Gasteiger partial charge on any atom is 0.337 e. The van der Waals surface area contributed by atoms with Gasteiger partial charge < -0.3 is 24.1 Å². The first-order valence-corrected chi connectivity index (χ1v) is 10.5. The van der Waals surface area contributed by atoms with Crippen LogP contribution in [-0.4, -0.2) is 61.0 Å². The second-order valence-electron chi connectivity index (χ2n) is 7.83. The molecule has 0 spiro atoms. The van der Waals surface area contributed by atoms with E-state index in [1.165, 1.54) is 13.2 Å². The van der Waals surface area contributed by atoms with Crippen molar-refractivity contribution in [1.29, 1.82) is 0 Å². The number of aliphatic hydroxyl groups is 1. The number of aliphatic hydroxyl groups excluding tert-OH is 1. The van der Waals surface area contributed by atoms with Crippen LogP contribution < -0.4 is 0 Å². The Morgan fingerprint density at radius 2 is 2.00 bits per heavy atom. The van der Waals surface area contributed by atoms with E-state index >= 15 is 0 Å². The number of hydrogen-bond donors (Lipinski definition) is 1. The van der Waals surface area contributed by atoms with Gasteiger partial charge in [0.15, 0.2) is 12.2 Å². The molecule has 0 saturated carbocycles. The van der Waals surface area contributed by atoms with Gasteiger partial charge in [-0.25, -0.2) is 9.59 Å². The van der Waals surface area contributed by atoms with E-state index in [1.54, 1.807) is 13.0 Å². The van der Waals surface area contributed by atoms with Crippen molar-refractivity contribution in [2.75, 3.05) is 13.7 Å². The molecule has 1 fully saturated rings. The molecule has 176 valence electrons. The van der Waals surface area contributed by atoms with Gasteiger partial charge in [-0.15, -0.1) is 0 Å². The zero-order valence-electron chi connectivity index (χ0n) is 18.8. The Morgan fingerprint density at radius 3 is 2.56 bits per heavy atom. The van der Waals surface area contributed by atoms with E-state index in [0.29, 0.717) is 24.8 Å². The molecule has 1 N–H and O–H groups in total. The Bertz CT molecular complexity index is 838. The molecule has 0 radical (unpaired) electrons. The van der Waals surface area contributed by atoms with Crippen molar-refractivity contribution in [2.45, 2.75) is 58.3 Å². The van der Waals surface area contributed by atoms with Crippen molar-refractivity contribution in [3.05, 3.63) is 35.5 Å². The van der Waals surface area contributed by atoms with Gasteiger partial charge in [0.05, 0.1) is 31.1 Å². The van der Waals surface area contributed by atoms with Crippen LogP contribution in [0.5, 0.6) is 0 Å². The van der Waals surface area contributed by atoms with Crippen LogP contribution in [0.15, 0.2) is 35.5 Å². The molecule has 5 unspecified atom stereocenters. The van der Waals surface area contributed by atoms with Gasteiger partial charge in [0.25, 0.3) is 0 Å². The van der Waals surface area contributed by atoms with Crippen molar-refractivity contribution in [3.8, 4) is 0 Å². The summed E-state index contributed by atoms with van der Waals surface area (Å²) in [5.41, 5.74) is 0.545. The van der Waals surface area contributed by atoms with E-state index in [-0.39, 0.29) is 17.8 Å². The molecule has 0 amide bonds. The van der Waals surface area contributed by atoms with Crippen LogP contribution in [0, 0.1) is 11.8 Å². The van der Waals surface area contributed by atoms with Gasteiger partial charge in [0, 0.05) is 12.5 Å². The largest absolute Gasteiger partial charge is 0.466 e. The van der Waals surface area contributed by atoms with Crippen molar-refractivity contribution >= 4 is 23.9 Å². The highest BCUT2D eigenvalue weighted by molar-refractivity contribution is 5.92. The van der Waals surface area contributed by atoms with Gasteiger partial charge in [-0.05, 0) is 30.9 Å². The molecule has 0 aromatic rings. The summed E-state index contributed by atoms with van der Waals surface area (Å²) in [4.78, 5) is 49.7. The number of ether oxygens (including phenoxy) is 4. The standard InChI is InChI=1S/C23H30O9/c1-6-12(2)21(26)32-20-18-13(3)22(27)31-17(18)10-15(11-24)8-7-9-16(23(28)29-5)19(20)30-14(4)25/h9-10,12,17-20,24H,3,6-8,11H2,1-2,4-5H3. The van der Waals surface area contributed by atoms with Gasteiger partial charge in [0.2, 0.25) is 0 Å². The quantitative estimate of drug-likeness (QED) is 0.279. The lowest BCUT2D eigenvalue weighted by Gasteiger charge is -2.34. The molecule has 1 aliphatic carbocycles. The zero-order chi connectivity index (χ0) is 24.0. The maximum atomic E-state index is 12.8. The topological polar surface area (TPSA) is 125 Å². The summed E-state index contributed by atoms with van der Waals surface area (Å²) in [7, 11) is 1.18. The van der Waals surface area contributed by atoms with Crippen molar-refractivity contribution in [2.24, 2.45) is 11.8 Å². The molecule has 1 aliphatic heterocycles. The number of carbonyl (C=O) groups is 4. The average Bonchev–Trinajstić information content (AvgIpc) is 3.04. The molecule has 2 aliphatic rings. The van der Waals surface area contributed by atoms with E-state index in [9.17, 15) is 24.3 Å². The molecule has 32 heavy (non-hydrogen) atoms. The van der Waals surface area contributed by atoms with E-state index < -0.39 is 54.0 Å². The molecule has 2 rings (SSSR count). The van der Waals surface area contributed by atoms with Crippen molar-refractivity contribution in [1.82, 2.24) is 0 Å². The van der Waals surface area contributed by atoms with Gasteiger partial charge in [-0.3, -0.25) is 9.59 Å². The van der Waals surface area contributed by atoms with Crippen LogP contribution in [0.1, 0.15) is 40.0 Å². The monoisotopic (exact) mass is 450 g/mol. The van der Waals surface area contributed by atoms with Gasteiger partial charge >= 0.3 is 23.9 Å². The van der Waals surface area contributed by atoms with Crippen LogP contribution in [-0.2, 0) is 38.1 Å². The summed E-state index contributed by atoms with van der Waals surface area (Å²) >= 11 is 0. The highest BCUT2D eigenvalue weighted by atomic mass is 16.6. The number of fused-ring (bicyclic) bond motifs is 1. The summed E-state index contributed by atoms with van der Waals surface area (Å²) in [6.45, 7) is 8.14. The summed E-state index contributed by atoms with van der Waals surface area (Å²) in [6, 6.07) is 0. The smallest absolute Gasteiger partial charge is 0.337 e. The lowest BCUT2D eigenvalue weighted by Crippen LogP contribution is -2.46. The first-order valence-electron chi connectivity index (χ1n) is 10.5. The summed E-state index contributed by atoms with van der Waals surface area (Å²) in [5, 5.41) is 9.73. The zero-order valence-corrected chi connectivity index (χ0v) is 18.8. The van der Waals surface area contributed by atoms with Gasteiger partial charge in [0.1, 0.15) is 6.10 Å². The second-order valence-corrected chi connectivity index (χ2v) is 7.83. The predicted octanol–water partition coefficient (Wildman–Crippen LogP) is 1.79. The Kier molecular flexibility index (Phi) is 8.77. The van der Waals surface area contributed by atoms with E-state index in [0.717, 1.165) is 6.92 Å². The number of esters is 4. The third-order valence-corrected chi connectivity index (χ3v) is 5.63. The van der Waals surface area contributed by atoms with Crippen LogP contribution in [0.25, 0.3) is 0 Å². The van der Waals surface area contributed by atoms with E-state index in [2.05, 4.69) is 6.58 Å². The molecule has 0 bridgehead atoms. The fourth-order valence-electron chi connectivity index (χ4n) is 3.65. The number of methoxy groups -OCH3 is 1. The lowest BCUT2D eigenvalue weighted by molar-refractivity contribution is -0.173. The minimum atomic E-state index is -1.35. The fraction of sp³-hybridized carbons (Fsp3) is 0.565. The first kappa shape index (κ1) is 25.3. The first-order chi connectivity index (χ1) is 15.1. The molecule has 9 heteroatoms. The summed E-state index contributed by atoms with van der Waals surface area (Å²) in [5.74, 6) is -4.22. The van der Waals surface area contributed by atoms with Crippen molar-refractivity contribution < 1.29 is 43.2 Å². The maximum absolute atomic E-state index is 12.8. The summed E-state index contributed by atoms with van der Waals surface area (Å²) in [6.07, 6.45) is 0.686. The molecule has 0 aromatic carbocycles. The van der Waals surface area contributed by atoms with Crippen LogP contribution in [0.3, 0.4) is 0 Å². The Balaban J connectivity index is 2.70. The minimum absolute atomic E-state index is 0.00688. The highest BCUT2D eigenvalue weighted by Gasteiger charge is 2.50. The van der Waals surface area contributed by atoms with Gasteiger partial charge in [-0.1, -0.05) is 26.5 Å². The average molecular weight is 450 g/mol. The molecule has 9 nitrogen and oxygen atoms in total. The Morgan fingerprint density at radius 1 is 1.31 bits per heavy atom. The number of rotatable bonds is 6. The van der Waals surface area contributed by atoms with E-state index in [4.69, 9.17) is 18.9 Å². The normalized spacial score (nSPS) is 26.7. The molecular weight excluding hydrogens is 420 g/mol. The minimum Gasteiger partial charge on any atom is -0.466 e. The SMILES string of the molecule is C=C1C(=O)OC2C=C(CO)CCC=C(C(=O)OC)C(OC(C)=O)C(OC(=O)C(C)CC)C12. The number of allylic oxidation sites excluding steroid dienone is 1. The number of hydrogen-bond acceptors (Lipinski definition) is 9. The molecule has 1 heterocycles. The fourth-order valence-corrected chi connectivity index (χ4v) is 3.65. The van der Waals surface area contributed by atoms with Gasteiger partial charge in [-0.2, -0.15) is 0 Å². The number of carbonyl (C=O) groups excluding carboxylic acids is 4. The molecule has 5 atom stereocenters. The van der Waals surface area contributed by atoms with Crippen LogP contribution in [0.2, 0.25) is 0 Å². The van der Waals surface area contributed by atoms with Crippen LogP contribution in [0.4, 0.5) is 0 Å². The predicted molar refractivity (Wildman–Crippen MR) is 112 cm³/mol. The second kappa shape index (κ2) is 11.1. The highest BCUT2D eigenvalue weighted by Crippen LogP contribution is 2.38. The molecule has 0 aromatic heterocycles. The van der Waals surface area contributed by atoms with Crippen molar-refractivity contribution in [3.63, 3.8) is 0 Å². The van der Waals surface area contributed by atoms with Crippen LogP contribution >= 0.6 is 0 Å². The third kappa shape index (κ3) is 5.64. The lowest BCUT2D eigenvalue weighted by atomic mass is 9.83. The molecule has 1 saturated heterocycles.